The summed E-state index contributed by atoms with van der Waals surface area (Å²) in [5.74, 6) is 0.111. The van der Waals surface area contributed by atoms with Crippen LogP contribution in [0.3, 0.4) is 0 Å². The van der Waals surface area contributed by atoms with Gasteiger partial charge >= 0.3 is 0 Å². The number of methoxy groups -OCH3 is 1. The van der Waals surface area contributed by atoms with E-state index in [0.717, 1.165) is 32.4 Å². The van der Waals surface area contributed by atoms with Crippen molar-refractivity contribution in [3.63, 3.8) is 0 Å². The van der Waals surface area contributed by atoms with Crippen molar-refractivity contribution in [1.82, 2.24) is 14.5 Å². The first kappa shape index (κ1) is 24.5. The van der Waals surface area contributed by atoms with Gasteiger partial charge in [-0.25, -0.2) is 8.42 Å². The summed E-state index contributed by atoms with van der Waals surface area (Å²) in [5, 5.41) is 2.98. The zero-order valence-corrected chi connectivity index (χ0v) is 19.5. The first-order valence-corrected chi connectivity index (χ1v) is 12.7. The van der Waals surface area contributed by atoms with Crippen LogP contribution in [-0.2, 0) is 19.6 Å². The van der Waals surface area contributed by atoms with E-state index in [0.29, 0.717) is 44.8 Å². The van der Waals surface area contributed by atoms with Crippen molar-refractivity contribution in [3.05, 3.63) is 24.3 Å². The topological polar surface area (TPSA) is 122 Å². The molecule has 2 amide bonds. The lowest BCUT2D eigenvalue weighted by Crippen LogP contribution is -2.44. The highest BCUT2D eigenvalue weighted by molar-refractivity contribution is 7.89. The summed E-state index contributed by atoms with van der Waals surface area (Å²) in [7, 11) is -2.04. The SMILES string of the molecule is COc1ccc(S(=O)(=O)N2CCC(C(=O)NCCCN3CCCC(C(N)=O)C3)CC2)cc1. The highest BCUT2D eigenvalue weighted by Gasteiger charge is 2.32. The molecular formula is C22H34N4O5S. The van der Waals surface area contributed by atoms with Crippen LogP contribution >= 0.6 is 0 Å². The maximum atomic E-state index is 12.8. The third kappa shape index (κ3) is 6.20. The Morgan fingerprint density at radius 1 is 1.09 bits per heavy atom. The number of nitrogens with zero attached hydrogens (tertiary/aromatic N) is 2. The van der Waals surface area contributed by atoms with Crippen LogP contribution in [0.5, 0.6) is 5.75 Å². The lowest BCUT2D eigenvalue weighted by Gasteiger charge is -2.31. The second kappa shape index (κ2) is 11.1. The van der Waals surface area contributed by atoms with E-state index in [2.05, 4.69) is 10.2 Å². The molecule has 0 aliphatic carbocycles. The number of rotatable bonds is 9. The summed E-state index contributed by atoms with van der Waals surface area (Å²) in [6.07, 6.45) is 3.65. The predicted molar refractivity (Wildman–Crippen MR) is 120 cm³/mol. The molecule has 0 bridgehead atoms. The number of carbonyl (C=O) groups excluding carboxylic acids is 2. The molecule has 10 heteroatoms. The lowest BCUT2D eigenvalue weighted by molar-refractivity contribution is -0.126. The van der Waals surface area contributed by atoms with Crippen molar-refractivity contribution >= 4 is 21.8 Å². The Kier molecular flexibility index (Phi) is 8.50. The number of primary amides is 1. The molecule has 2 aliphatic heterocycles. The highest BCUT2D eigenvalue weighted by Crippen LogP contribution is 2.25. The molecule has 3 N–H and O–H groups in total. The third-order valence-electron chi connectivity index (χ3n) is 6.38. The number of carbonyl (C=O) groups is 2. The van der Waals surface area contributed by atoms with Crippen molar-refractivity contribution in [2.45, 2.75) is 37.0 Å². The van der Waals surface area contributed by atoms with Gasteiger partial charge in [0, 0.05) is 32.1 Å². The van der Waals surface area contributed by atoms with Gasteiger partial charge in [0.05, 0.1) is 17.9 Å². The average molecular weight is 467 g/mol. The van der Waals surface area contributed by atoms with Gasteiger partial charge in [-0.15, -0.1) is 0 Å². The molecule has 0 spiro atoms. The van der Waals surface area contributed by atoms with Gasteiger partial charge in [-0.05, 0) is 69.5 Å². The van der Waals surface area contributed by atoms with Gasteiger partial charge in [-0.2, -0.15) is 4.31 Å². The van der Waals surface area contributed by atoms with Crippen molar-refractivity contribution in [1.29, 1.82) is 0 Å². The summed E-state index contributed by atoms with van der Waals surface area (Å²) in [6, 6.07) is 6.35. The zero-order chi connectivity index (χ0) is 23.1. The minimum Gasteiger partial charge on any atom is -0.497 e. The summed E-state index contributed by atoms with van der Waals surface area (Å²) >= 11 is 0. The van der Waals surface area contributed by atoms with Crippen molar-refractivity contribution in [2.24, 2.45) is 17.6 Å². The maximum Gasteiger partial charge on any atom is 0.243 e. The Labute approximate surface area is 190 Å². The van der Waals surface area contributed by atoms with Gasteiger partial charge in [0.25, 0.3) is 0 Å². The van der Waals surface area contributed by atoms with E-state index < -0.39 is 10.0 Å². The third-order valence-corrected chi connectivity index (χ3v) is 8.29. The van der Waals surface area contributed by atoms with E-state index in [4.69, 9.17) is 10.5 Å². The number of likely N-dealkylation sites (tertiary alicyclic amines) is 1. The molecule has 0 aromatic heterocycles. The van der Waals surface area contributed by atoms with Crippen LogP contribution in [0, 0.1) is 11.8 Å². The van der Waals surface area contributed by atoms with E-state index in [1.807, 2.05) is 0 Å². The number of hydrogen-bond acceptors (Lipinski definition) is 6. The van der Waals surface area contributed by atoms with Gasteiger partial charge in [-0.3, -0.25) is 9.59 Å². The molecule has 0 saturated carbocycles. The number of sulfonamides is 1. The molecule has 3 rings (SSSR count). The Morgan fingerprint density at radius 2 is 1.78 bits per heavy atom. The Morgan fingerprint density at radius 3 is 2.41 bits per heavy atom. The van der Waals surface area contributed by atoms with Gasteiger partial charge < -0.3 is 20.7 Å². The number of benzene rings is 1. The molecule has 9 nitrogen and oxygen atoms in total. The molecule has 178 valence electrons. The summed E-state index contributed by atoms with van der Waals surface area (Å²) in [4.78, 5) is 26.4. The van der Waals surface area contributed by atoms with Gasteiger partial charge in [-0.1, -0.05) is 0 Å². The first-order valence-electron chi connectivity index (χ1n) is 11.2. The fraction of sp³-hybridized carbons (Fsp3) is 0.636. The molecule has 32 heavy (non-hydrogen) atoms. The normalized spacial score (nSPS) is 21.2. The van der Waals surface area contributed by atoms with Crippen LogP contribution in [0.4, 0.5) is 0 Å². The fourth-order valence-electron chi connectivity index (χ4n) is 4.40. The molecule has 1 unspecified atom stereocenters. The molecule has 1 aromatic carbocycles. The monoisotopic (exact) mass is 466 g/mol. The Balaban J connectivity index is 1.39. The van der Waals surface area contributed by atoms with Crippen molar-refractivity contribution in [2.75, 3.05) is 46.4 Å². The van der Waals surface area contributed by atoms with Crippen LogP contribution < -0.4 is 15.8 Å². The summed E-state index contributed by atoms with van der Waals surface area (Å²) in [5.41, 5.74) is 5.42. The molecule has 1 aromatic rings. The number of nitrogens with one attached hydrogen (secondary N) is 1. The molecular weight excluding hydrogens is 432 g/mol. The highest BCUT2D eigenvalue weighted by atomic mass is 32.2. The molecule has 2 heterocycles. The molecule has 2 saturated heterocycles. The minimum atomic E-state index is -3.57. The fourth-order valence-corrected chi connectivity index (χ4v) is 5.87. The Bertz CT molecular complexity index is 882. The van der Waals surface area contributed by atoms with E-state index in [-0.39, 0.29) is 28.5 Å². The zero-order valence-electron chi connectivity index (χ0n) is 18.7. The molecule has 2 fully saturated rings. The summed E-state index contributed by atoms with van der Waals surface area (Å²) in [6.45, 7) is 3.70. The van der Waals surface area contributed by atoms with E-state index >= 15 is 0 Å². The van der Waals surface area contributed by atoms with Gasteiger partial charge in [0.2, 0.25) is 21.8 Å². The number of piperidine rings is 2. The van der Waals surface area contributed by atoms with Crippen molar-refractivity contribution < 1.29 is 22.7 Å². The van der Waals surface area contributed by atoms with Crippen molar-refractivity contribution in [3.8, 4) is 5.75 Å². The van der Waals surface area contributed by atoms with E-state index in [9.17, 15) is 18.0 Å². The van der Waals surface area contributed by atoms with Crippen LogP contribution in [0.25, 0.3) is 0 Å². The molecule has 1 atom stereocenters. The van der Waals surface area contributed by atoms with Gasteiger partial charge in [0.1, 0.15) is 5.75 Å². The molecule has 0 radical (unpaired) electrons. The second-order valence-electron chi connectivity index (χ2n) is 8.54. The standard InChI is InChI=1S/C22H34N4O5S/c1-31-19-5-7-20(8-6-19)32(29,30)26-14-9-17(10-15-26)22(28)24-11-3-13-25-12-2-4-18(16-25)21(23)27/h5-8,17-18H,2-4,9-16H2,1H3,(H2,23,27)(H,24,28). The Hall–Kier alpha value is -2.17. The quantitative estimate of drug-likeness (QED) is 0.519. The molecule has 2 aliphatic rings. The number of amides is 2. The number of hydrogen-bond donors (Lipinski definition) is 2. The minimum absolute atomic E-state index is 0.0137. The maximum absolute atomic E-state index is 12.8. The second-order valence-corrected chi connectivity index (χ2v) is 10.5. The van der Waals surface area contributed by atoms with E-state index in [1.54, 1.807) is 24.3 Å². The van der Waals surface area contributed by atoms with Crippen LogP contribution in [0.1, 0.15) is 32.1 Å². The number of nitrogens with two attached hydrogens (primary N) is 1. The average Bonchev–Trinajstić information content (AvgIpc) is 2.82. The van der Waals surface area contributed by atoms with Crippen LogP contribution in [0.2, 0.25) is 0 Å². The summed E-state index contributed by atoms with van der Waals surface area (Å²) < 4.78 is 32.2. The van der Waals surface area contributed by atoms with E-state index in [1.165, 1.54) is 11.4 Å². The largest absolute Gasteiger partial charge is 0.497 e. The lowest BCUT2D eigenvalue weighted by atomic mass is 9.97. The smallest absolute Gasteiger partial charge is 0.243 e. The van der Waals surface area contributed by atoms with Gasteiger partial charge in [0.15, 0.2) is 0 Å². The number of ether oxygens (including phenoxy) is 1. The van der Waals surface area contributed by atoms with Crippen LogP contribution in [-0.4, -0.2) is 75.8 Å². The first-order chi connectivity index (χ1) is 15.3. The predicted octanol–water partition coefficient (Wildman–Crippen LogP) is 0.800. The van der Waals surface area contributed by atoms with Crippen LogP contribution in [0.15, 0.2) is 29.2 Å².